The average Bonchev–Trinajstić information content (AvgIpc) is 3.05. The smallest absolute Gasteiger partial charge is 0.277 e. The number of hydrogen-bond acceptors (Lipinski definition) is 6. The van der Waals surface area contributed by atoms with Crippen molar-refractivity contribution in [2.24, 2.45) is 0 Å². The highest BCUT2D eigenvalue weighted by Crippen LogP contribution is 2.23. The number of thioether (sulfide) groups is 1. The van der Waals surface area contributed by atoms with Crippen molar-refractivity contribution >= 4 is 11.8 Å². The Bertz CT molecular complexity index is 895. The highest BCUT2D eigenvalue weighted by atomic mass is 32.2. The van der Waals surface area contributed by atoms with E-state index in [1.165, 1.54) is 11.8 Å². The topological polar surface area (TPSA) is 71.9 Å². The molecule has 0 atom stereocenters. The van der Waals surface area contributed by atoms with Crippen LogP contribution in [0, 0.1) is 25.2 Å². The van der Waals surface area contributed by atoms with Crippen molar-refractivity contribution in [3.05, 3.63) is 70.6 Å². The van der Waals surface area contributed by atoms with Crippen molar-refractivity contribution in [2.75, 3.05) is 0 Å². The molecule has 0 bridgehead atoms. The standard InChI is InChI=1S/C19H17N3O2S/c1-13-6-14(2)8-17(7-13)23-11-18-21-22-19(24-18)25-12-16-5-3-4-15(9-16)10-20/h3-9H,11-12H2,1-2H3. The number of hydrogen-bond donors (Lipinski definition) is 0. The molecule has 3 rings (SSSR count). The molecule has 6 heteroatoms. The predicted octanol–water partition coefficient (Wildman–Crippen LogP) is 4.43. The molecular formula is C19H17N3O2S. The summed E-state index contributed by atoms with van der Waals surface area (Å²) in [4.78, 5) is 0. The second-order valence-corrected chi connectivity index (χ2v) is 6.60. The third-order valence-corrected chi connectivity index (χ3v) is 4.31. The third-order valence-electron chi connectivity index (χ3n) is 3.42. The fourth-order valence-electron chi connectivity index (χ4n) is 2.39. The van der Waals surface area contributed by atoms with Gasteiger partial charge in [0.05, 0.1) is 11.6 Å². The highest BCUT2D eigenvalue weighted by Gasteiger charge is 2.08. The normalized spacial score (nSPS) is 10.4. The van der Waals surface area contributed by atoms with E-state index in [4.69, 9.17) is 14.4 Å². The first-order chi connectivity index (χ1) is 12.1. The lowest BCUT2D eigenvalue weighted by molar-refractivity contribution is 0.252. The van der Waals surface area contributed by atoms with Crippen LogP contribution in [0.3, 0.4) is 0 Å². The van der Waals surface area contributed by atoms with E-state index in [0.29, 0.717) is 22.4 Å². The summed E-state index contributed by atoms with van der Waals surface area (Å²) >= 11 is 1.43. The summed E-state index contributed by atoms with van der Waals surface area (Å²) in [5.41, 5.74) is 3.98. The quantitative estimate of drug-likeness (QED) is 0.612. The zero-order chi connectivity index (χ0) is 17.6. The third kappa shape index (κ3) is 4.85. The van der Waals surface area contributed by atoms with Crippen LogP contribution >= 0.6 is 11.8 Å². The molecule has 0 fully saturated rings. The zero-order valence-corrected chi connectivity index (χ0v) is 14.8. The van der Waals surface area contributed by atoms with Crippen LogP contribution in [0.4, 0.5) is 0 Å². The minimum atomic E-state index is 0.236. The zero-order valence-electron chi connectivity index (χ0n) is 14.0. The molecule has 5 nitrogen and oxygen atoms in total. The van der Waals surface area contributed by atoms with E-state index in [1.807, 2.05) is 44.2 Å². The van der Waals surface area contributed by atoms with Crippen LogP contribution in [0.5, 0.6) is 5.75 Å². The predicted molar refractivity (Wildman–Crippen MR) is 95.3 cm³/mol. The molecule has 0 aliphatic heterocycles. The van der Waals surface area contributed by atoms with Crippen LogP contribution in [0.15, 0.2) is 52.1 Å². The van der Waals surface area contributed by atoms with Gasteiger partial charge in [-0.3, -0.25) is 0 Å². The van der Waals surface area contributed by atoms with E-state index < -0.39 is 0 Å². The van der Waals surface area contributed by atoms with Gasteiger partial charge in [0.1, 0.15) is 5.75 Å². The van der Waals surface area contributed by atoms with Crippen LogP contribution in [-0.4, -0.2) is 10.2 Å². The summed E-state index contributed by atoms with van der Waals surface area (Å²) in [6.07, 6.45) is 0. The molecule has 0 aliphatic carbocycles. The maximum absolute atomic E-state index is 8.93. The Morgan fingerprint density at radius 2 is 1.92 bits per heavy atom. The number of aromatic nitrogens is 2. The lowest BCUT2D eigenvalue weighted by atomic mass is 10.1. The van der Waals surface area contributed by atoms with Gasteiger partial charge >= 0.3 is 0 Å². The van der Waals surface area contributed by atoms with Crippen molar-refractivity contribution < 1.29 is 9.15 Å². The van der Waals surface area contributed by atoms with E-state index in [9.17, 15) is 0 Å². The summed E-state index contributed by atoms with van der Waals surface area (Å²) in [5, 5.41) is 17.4. The molecule has 0 spiro atoms. The Morgan fingerprint density at radius 1 is 1.12 bits per heavy atom. The molecule has 0 saturated heterocycles. The maximum Gasteiger partial charge on any atom is 0.277 e. The van der Waals surface area contributed by atoms with Crippen molar-refractivity contribution in [2.45, 2.75) is 31.4 Å². The van der Waals surface area contributed by atoms with E-state index in [1.54, 1.807) is 6.07 Å². The summed E-state index contributed by atoms with van der Waals surface area (Å²) in [6.45, 7) is 4.30. The van der Waals surface area contributed by atoms with Gasteiger partial charge in [-0.1, -0.05) is 30.0 Å². The van der Waals surface area contributed by atoms with Gasteiger partial charge in [0, 0.05) is 5.75 Å². The summed E-state index contributed by atoms with van der Waals surface area (Å²) in [7, 11) is 0. The second-order valence-electron chi connectivity index (χ2n) is 5.67. The maximum atomic E-state index is 8.93. The molecule has 0 radical (unpaired) electrons. The lowest BCUT2D eigenvalue weighted by Gasteiger charge is -2.05. The van der Waals surface area contributed by atoms with Crippen LogP contribution in [-0.2, 0) is 12.4 Å². The Labute approximate surface area is 150 Å². The number of benzene rings is 2. The molecule has 25 heavy (non-hydrogen) atoms. The van der Waals surface area contributed by atoms with Crippen molar-refractivity contribution in [3.8, 4) is 11.8 Å². The minimum Gasteiger partial charge on any atom is -0.484 e. The molecule has 0 N–H and O–H groups in total. The number of nitriles is 1. The number of rotatable bonds is 6. The molecule has 1 aromatic heterocycles. The molecule has 126 valence electrons. The molecule has 0 aliphatic rings. The van der Waals surface area contributed by atoms with Gasteiger partial charge in [0.2, 0.25) is 0 Å². The molecule has 0 amide bonds. The number of nitrogens with zero attached hydrogens (tertiary/aromatic N) is 3. The Balaban J connectivity index is 1.56. The van der Waals surface area contributed by atoms with Crippen LogP contribution in [0.2, 0.25) is 0 Å². The van der Waals surface area contributed by atoms with Gasteiger partial charge in [0.15, 0.2) is 6.61 Å². The van der Waals surface area contributed by atoms with Crippen LogP contribution in [0.1, 0.15) is 28.1 Å². The van der Waals surface area contributed by atoms with Gasteiger partial charge in [-0.25, -0.2) is 0 Å². The minimum absolute atomic E-state index is 0.236. The Morgan fingerprint density at radius 3 is 2.68 bits per heavy atom. The van der Waals surface area contributed by atoms with Crippen LogP contribution in [0.25, 0.3) is 0 Å². The average molecular weight is 351 g/mol. The summed E-state index contributed by atoms with van der Waals surface area (Å²) < 4.78 is 11.3. The molecule has 0 saturated carbocycles. The fraction of sp³-hybridized carbons (Fsp3) is 0.211. The first-order valence-corrected chi connectivity index (χ1v) is 8.76. The summed E-state index contributed by atoms with van der Waals surface area (Å²) in [5.74, 6) is 1.89. The van der Waals surface area contributed by atoms with Gasteiger partial charge in [0.25, 0.3) is 11.1 Å². The SMILES string of the molecule is Cc1cc(C)cc(OCc2nnc(SCc3cccc(C#N)c3)o2)c1. The Hall–Kier alpha value is -2.78. The van der Waals surface area contributed by atoms with Crippen molar-refractivity contribution in [3.63, 3.8) is 0 Å². The van der Waals surface area contributed by atoms with E-state index in [-0.39, 0.29) is 6.61 Å². The van der Waals surface area contributed by atoms with Gasteiger partial charge in [-0.2, -0.15) is 5.26 Å². The summed E-state index contributed by atoms with van der Waals surface area (Å²) in [6, 6.07) is 15.6. The monoisotopic (exact) mass is 351 g/mol. The van der Waals surface area contributed by atoms with Crippen molar-refractivity contribution in [1.82, 2.24) is 10.2 Å². The molecule has 1 heterocycles. The number of ether oxygens (including phenoxy) is 1. The highest BCUT2D eigenvalue weighted by molar-refractivity contribution is 7.98. The molecule has 3 aromatic rings. The van der Waals surface area contributed by atoms with Gasteiger partial charge in [-0.05, 0) is 54.8 Å². The first kappa shape index (κ1) is 17.1. The number of aryl methyl sites for hydroxylation is 2. The van der Waals surface area contributed by atoms with Crippen LogP contribution < -0.4 is 4.74 Å². The fourth-order valence-corrected chi connectivity index (χ4v) is 3.12. The van der Waals surface area contributed by atoms with Gasteiger partial charge < -0.3 is 9.15 Å². The van der Waals surface area contributed by atoms with Gasteiger partial charge in [-0.15, -0.1) is 10.2 Å². The van der Waals surface area contributed by atoms with E-state index in [2.05, 4.69) is 22.3 Å². The first-order valence-electron chi connectivity index (χ1n) is 7.78. The molecular weight excluding hydrogens is 334 g/mol. The Kier molecular flexibility index (Phi) is 5.36. The van der Waals surface area contributed by atoms with E-state index in [0.717, 1.165) is 22.4 Å². The molecule has 0 unspecified atom stereocenters. The lowest BCUT2D eigenvalue weighted by Crippen LogP contribution is -1.96. The van der Waals surface area contributed by atoms with E-state index >= 15 is 0 Å². The largest absolute Gasteiger partial charge is 0.484 e. The van der Waals surface area contributed by atoms with Crippen molar-refractivity contribution in [1.29, 1.82) is 5.26 Å². The second kappa shape index (κ2) is 7.86. The molecule has 2 aromatic carbocycles.